The van der Waals surface area contributed by atoms with E-state index in [1.165, 1.54) is 12.1 Å². The summed E-state index contributed by atoms with van der Waals surface area (Å²) in [4.78, 5) is 11.2. The zero-order valence-corrected chi connectivity index (χ0v) is 9.46. The van der Waals surface area contributed by atoms with Crippen LogP contribution in [0, 0.1) is 5.82 Å². The lowest BCUT2D eigenvalue weighted by atomic mass is 10.3. The topological polar surface area (TPSA) is 64.3 Å². The molecule has 0 saturated heterocycles. The van der Waals surface area contributed by atoms with Crippen LogP contribution in [-0.2, 0) is 4.79 Å². The van der Waals surface area contributed by atoms with E-state index >= 15 is 0 Å². The Bertz CT molecular complexity index is 396. The van der Waals surface area contributed by atoms with Gasteiger partial charge in [-0.05, 0) is 24.3 Å². The molecule has 1 aromatic rings. The van der Waals surface area contributed by atoms with E-state index in [2.05, 4.69) is 0 Å². The molecule has 1 aromatic carbocycles. The van der Waals surface area contributed by atoms with Crippen LogP contribution in [0.2, 0.25) is 0 Å². The summed E-state index contributed by atoms with van der Waals surface area (Å²) >= 11 is 0. The zero-order valence-electron chi connectivity index (χ0n) is 9.46. The van der Waals surface area contributed by atoms with Crippen molar-refractivity contribution in [3.8, 4) is 5.75 Å². The number of ether oxygens (including phenoxy) is 1. The Morgan fingerprint density at radius 2 is 1.94 bits per heavy atom. The second-order valence-electron chi connectivity index (χ2n) is 3.58. The monoisotopic (exact) mass is 262 g/mol. The fourth-order valence-corrected chi connectivity index (χ4v) is 1.03. The minimum absolute atomic E-state index is 0.275. The first-order valence-electron chi connectivity index (χ1n) is 5.16. The molecule has 0 saturated carbocycles. The summed E-state index contributed by atoms with van der Waals surface area (Å²) in [5, 5.41) is 1.99. The van der Waals surface area contributed by atoms with Gasteiger partial charge >= 0.3 is 0 Å². The molecule has 100 valence electrons. The second kappa shape index (κ2) is 6.25. The molecule has 0 spiro atoms. The molecular formula is C11H13F3N2O2. The number of carbonyl (C=O) groups is 1. The van der Waals surface area contributed by atoms with Crippen molar-refractivity contribution in [1.82, 2.24) is 5.32 Å². The van der Waals surface area contributed by atoms with E-state index in [0.29, 0.717) is 0 Å². The lowest BCUT2D eigenvalue weighted by Crippen LogP contribution is -2.43. The molecule has 3 N–H and O–H groups in total. The summed E-state index contributed by atoms with van der Waals surface area (Å²) < 4.78 is 42.9. The van der Waals surface area contributed by atoms with Crippen LogP contribution in [0.3, 0.4) is 0 Å². The van der Waals surface area contributed by atoms with E-state index in [1.54, 1.807) is 0 Å². The highest BCUT2D eigenvalue weighted by atomic mass is 19.3. The van der Waals surface area contributed by atoms with Crippen LogP contribution >= 0.6 is 0 Å². The SMILES string of the molecule is NCC(F)(F)CNC(=O)COc1ccc(F)cc1. The van der Waals surface area contributed by atoms with Gasteiger partial charge in [0.1, 0.15) is 11.6 Å². The first-order valence-corrected chi connectivity index (χ1v) is 5.16. The van der Waals surface area contributed by atoms with Crippen LogP contribution in [0.5, 0.6) is 5.75 Å². The van der Waals surface area contributed by atoms with E-state index in [-0.39, 0.29) is 5.75 Å². The number of nitrogens with two attached hydrogens (primary N) is 1. The Morgan fingerprint density at radius 1 is 1.33 bits per heavy atom. The Kier molecular flexibility index (Phi) is 4.96. The van der Waals surface area contributed by atoms with Crippen LogP contribution < -0.4 is 15.8 Å². The smallest absolute Gasteiger partial charge is 0.277 e. The number of amides is 1. The number of hydrogen-bond donors (Lipinski definition) is 2. The van der Waals surface area contributed by atoms with Crippen molar-refractivity contribution in [3.05, 3.63) is 30.1 Å². The van der Waals surface area contributed by atoms with Crippen molar-refractivity contribution in [1.29, 1.82) is 0 Å². The van der Waals surface area contributed by atoms with Gasteiger partial charge in [-0.1, -0.05) is 0 Å². The molecule has 0 unspecified atom stereocenters. The molecule has 0 atom stereocenters. The van der Waals surface area contributed by atoms with Crippen LogP contribution in [-0.4, -0.2) is 31.5 Å². The summed E-state index contributed by atoms with van der Waals surface area (Å²) in [6.07, 6.45) is 0. The minimum atomic E-state index is -3.13. The first kappa shape index (κ1) is 14.3. The van der Waals surface area contributed by atoms with Crippen molar-refractivity contribution in [2.45, 2.75) is 5.92 Å². The van der Waals surface area contributed by atoms with Gasteiger partial charge in [0.25, 0.3) is 11.8 Å². The van der Waals surface area contributed by atoms with Crippen molar-refractivity contribution in [2.24, 2.45) is 5.73 Å². The predicted molar refractivity (Wildman–Crippen MR) is 58.9 cm³/mol. The summed E-state index contributed by atoms with van der Waals surface area (Å²) in [6.45, 7) is -2.10. The maximum atomic E-state index is 12.7. The van der Waals surface area contributed by atoms with Gasteiger partial charge < -0.3 is 15.8 Å². The van der Waals surface area contributed by atoms with Gasteiger partial charge in [-0.15, -0.1) is 0 Å². The van der Waals surface area contributed by atoms with Gasteiger partial charge in [-0.2, -0.15) is 0 Å². The number of nitrogens with one attached hydrogen (secondary N) is 1. The van der Waals surface area contributed by atoms with Crippen molar-refractivity contribution < 1.29 is 22.7 Å². The third kappa shape index (κ3) is 5.05. The van der Waals surface area contributed by atoms with Crippen LogP contribution in [0.15, 0.2) is 24.3 Å². The molecule has 0 fully saturated rings. The molecule has 1 rings (SSSR count). The van der Waals surface area contributed by atoms with E-state index in [4.69, 9.17) is 10.5 Å². The lowest BCUT2D eigenvalue weighted by molar-refractivity contribution is -0.124. The molecule has 18 heavy (non-hydrogen) atoms. The van der Waals surface area contributed by atoms with Crippen LogP contribution in [0.25, 0.3) is 0 Å². The van der Waals surface area contributed by atoms with Crippen molar-refractivity contribution in [2.75, 3.05) is 19.7 Å². The average molecular weight is 262 g/mol. The normalized spacial score (nSPS) is 11.1. The molecule has 0 heterocycles. The molecule has 0 bridgehead atoms. The van der Waals surface area contributed by atoms with E-state index in [0.717, 1.165) is 12.1 Å². The number of carbonyl (C=O) groups excluding carboxylic acids is 1. The van der Waals surface area contributed by atoms with Gasteiger partial charge in [0.15, 0.2) is 6.61 Å². The highest BCUT2D eigenvalue weighted by Gasteiger charge is 2.27. The minimum Gasteiger partial charge on any atom is -0.484 e. The fourth-order valence-electron chi connectivity index (χ4n) is 1.03. The third-order valence-electron chi connectivity index (χ3n) is 2.03. The fraction of sp³-hybridized carbons (Fsp3) is 0.364. The molecule has 1 amide bonds. The summed E-state index contributed by atoms with van der Waals surface area (Å²) in [5.74, 6) is -4.00. The number of alkyl halides is 2. The van der Waals surface area contributed by atoms with Crippen LogP contribution in [0.1, 0.15) is 0 Å². The molecule has 4 nitrogen and oxygen atoms in total. The Hall–Kier alpha value is -1.76. The Balaban J connectivity index is 2.31. The number of hydrogen-bond acceptors (Lipinski definition) is 3. The average Bonchev–Trinajstić information content (AvgIpc) is 2.36. The van der Waals surface area contributed by atoms with Crippen molar-refractivity contribution >= 4 is 5.91 Å². The molecule has 0 aliphatic carbocycles. The largest absolute Gasteiger partial charge is 0.484 e. The summed E-state index contributed by atoms with van der Waals surface area (Å²) in [7, 11) is 0. The number of benzene rings is 1. The number of rotatable bonds is 6. The molecule has 0 aliphatic heterocycles. The third-order valence-corrected chi connectivity index (χ3v) is 2.03. The highest BCUT2D eigenvalue weighted by molar-refractivity contribution is 5.77. The molecule has 0 aromatic heterocycles. The molecule has 7 heteroatoms. The Morgan fingerprint density at radius 3 is 2.50 bits per heavy atom. The highest BCUT2D eigenvalue weighted by Crippen LogP contribution is 2.11. The van der Waals surface area contributed by atoms with Gasteiger partial charge in [-0.3, -0.25) is 4.79 Å². The van der Waals surface area contributed by atoms with Crippen molar-refractivity contribution in [3.63, 3.8) is 0 Å². The van der Waals surface area contributed by atoms with Gasteiger partial charge in [0.05, 0.1) is 13.1 Å². The maximum absolute atomic E-state index is 12.7. The number of halogens is 3. The van der Waals surface area contributed by atoms with Gasteiger partial charge in [0.2, 0.25) is 0 Å². The predicted octanol–water partition coefficient (Wildman–Crippen LogP) is 0.915. The van der Waals surface area contributed by atoms with E-state index in [9.17, 15) is 18.0 Å². The van der Waals surface area contributed by atoms with Gasteiger partial charge in [0, 0.05) is 0 Å². The maximum Gasteiger partial charge on any atom is 0.277 e. The standard InChI is InChI=1S/C11H13F3N2O2/c12-8-1-3-9(4-2-8)18-5-10(17)16-7-11(13,14)6-15/h1-4H,5-7,15H2,(H,16,17). The second-order valence-corrected chi connectivity index (χ2v) is 3.58. The summed E-state index contributed by atoms with van der Waals surface area (Å²) in [5.41, 5.74) is 4.80. The van der Waals surface area contributed by atoms with E-state index < -0.39 is 37.3 Å². The Labute approximate surface area is 102 Å². The van der Waals surface area contributed by atoms with E-state index in [1.807, 2.05) is 5.32 Å². The molecule has 0 radical (unpaired) electrons. The molecular weight excluding hydrogens is 249 g/mol. The lowest BCUT2D eigenvalue weighted by Gasteiger charge is -2.14. The van der Waals surface area contributed by atoms with Crippen LogP contribution in [0.4, 0.5) is 13.2 Å². The first-order chi connectivity index (χ1) is 8.43. The zero-order chi connectivity index (χ0) is 13.6. The summed E-state index contributed by atoms with van der Waals surface area (Å²) in [6, 6.07) is 4.99. The molecule has 0 aliphatic rings. The van der Waals surface area contributed by atoms with Gasteiger partial charge in [-0.25, -0.2) is 13.2 Å². The quantitative estimate of drug-likeness (QED) is 0.801.